The molecule has 3 aromatic carbocycles. The summed E-state index contributed by atoms with van der Waals surface area (Å²) in [4.78, 5) is 24.6. The summed E-state index contributed by atoms with van der Waals surface area (Å²) in [5, 5.41) is 5.74. The van der Waals surface area contributed by atoms with Gasteiger partial charge in [0.25, 0.3) is 11.8 Å². The molecular weight excluding hydrogens is 340 g/mol. The Kier molecular flexibility index (Phi) is 5.52. The Labute approximate surface area is 158 Å². The van der Waals surface area contributed by atoms with Crippen LogP contribution in [0.15, 0.2) is 72.8 Å². The molecule has 0 aliphatic rings. The highest BCUT2D eigenvalue weighted by Gasteiger charge is 2.10. The molecule has 5 nitrogen and oxygen atoms in total. The van der Waals surface area contributed by atoms with Crippen LogP contribution in [0.25, 0.3) is 0 Å². The van der Waals surface area contributed by atoms with Gasteiger partial charge in [-0.1, -0.05) is 18.2 Å². The molecule has 0 heterocycles. The third-order valence-corrected chi connectivity index (χ3v) is 4.12. The molecule has 0 fully saturated rings. The fourth-order valence-corrected chi connectivity index (χ4v) is 2.61. The molecule has 0 spiro atoms. The van der Waals surface area contributed by atoms with Crippen molar-refractivity contribution in [1.82, 2.24) is 0 Å². The number of amides is 2. The van der Waals surface area contributed by atoms with Crippen LogP contribution in [0.2, 0.25) is 0 Å². The molecule has 0 unspecified atom stereocenters. The Morgan fingerprint density at radius 1 is 0.778 bits per heavy atom. The van der Waals surface area contributed by atoms with Crippen LogP contribution >= 0.6 is 0 Å². The Balaban J connectivity index is 1.68. The normalized spacial score (nSPS) is 10.1. The molecule has 0 aliphatic heterocycles. The highest BCUT2D eigenvalue weighted by Crippen LogP contribution is 2.21. The standard InChI is InChI=1S/C22H20N2O3/c1-15-14-18(23-21(25)17-8-11-19(27-2)12-9-17)10-13-20(15)24-22(26)16-6-4-3-5-7-16/h3-14H,1-2H3,(H,23,25)(H,24,26). The van der Waals surface area contributed by atoms with Crippen molar-refractivity contribution >= 4 is 23.2 Å². The lowest BCUT2D eigenvalue weighted by Gasteiger charge is -2.11. The number of aryl methyl sites for hydroxylation is 1. The average Bonchev–Trinajstić information content (AvgIpc) is 2.70. The van der Waals surface area contributed by atoms with Crippen LogP contribution in [0.5, 0.6) is 5.75 Å². The van der Waals surface area contributed by atoms with Crippen LogP contribution < -0.4 is 15.4 Å². The fraction of sp³-hybridized carbons (Fsp3) is 0.0909. The van der Waals surface area contributed by atoms with Gasteiger partial charge in [-0.15, -0.1) is 0 Å². The number of hydrogen-bond donors (Lipinski definition) is 2. The van der Waals surface area contributed by atoms with E-state index in [4.69, 9.17) is 4.74 Å². The second-order valence-corrected chi connectivity index (χ2v) is 6.03. The molecular formula is C22H20N2O3. The molecule has 0 radical (unpaired) electrons. The molecule has 3 rings (SSSR count). The van der Waals surface area contributed by atoms with E-state index in [-0.39, 0.29) is 11.8 Å². The van der Waals surface area contributed by atoms with Gasteiger partial charge in [-0.3, -0.25) is 9.59 Å². The third-order valence-electron chi connectivity index (χ3n) is 4.12. The summed E-state index contributed by atoms with van der Waals surface area (Å²) in [5.41, 5.74) is 3.34. The molecule has 5 heteroatoms. The third kappa shape index (κ3) is 4.52. The van der Waals surface area contributed by atoms with Crippen molar-refractivity contribution < 1.29 is 14.3 Å². The summed E-state index contributed by atoms with van der Waals surface area (Å²) < 4.78 is 5.09. The van der Waals surface area contributed by atoms with Crippen molar-refractivity contribution in [3.05, 3.63) is 89.5 Å². The zero-order chi connectivity index (χ0) is 19.2. The largest absolute Gasteiger partial charge is 0.497 e. The van der Waals surface area contributed by atoms with Gasteiger partial charge in [0, 0.05) is 22.5 Å². The van der Waals surface area contributed by atoms with Crippen molar-refractivity contribution in [3.8, 4) is 5.75 Å². The number of hydrogen-bond acceptors (Lipinski definition) is 3. The quantitative estimate of drug-likeness (QED) is 0.703. The summed E-state index contributed by atoms with van der Waals surface area (Å²) in [6.07, 6.45) is 0. The molecule has 2 N–H and O–H groups in total. The van der Waals surface area contributed by atoms with Gasteiger partial charge >= 0.3 is 0 Å². The SMILES string of the molecule is COc1ccc(C(=O)Nc2ccc(NC(=O)c3ccccc3)c(C)c2)cc1. The minimum Gasteiger partial charge on any atom is -0.497 e. The van der Waals surface area contributed by atoms with E-state index in [1.165, 1.54) is 0 Å². The first-order valence-corrected chi connectivity index (χ1v) is 8.49. The van der Waals surface area contributed by atoms with E-state index in [1.807, 2.05) is 31.2 Å². The Morgan fingerprint density at radius 2 is 1.41 bits per heavy atom. The van der Waals surface area contributed by atoms with Gasteiger partial charge in [0.1, 0.15) is 5.75 Å². The number of nitrogens with one attached hydrogen (secondary N) is 2. The lowest BCUT2D eigenvalue weighted by molar-refractivity contribution is 0.101. The Bertz CT molecular complexity index is 951. The molecule has 136 valence electrons. The van der Waals surface area contributed by atoms with Crippen molar-refractivity contribution in [2.24, 2.45) is 0 Å². The maximum atomic E-state index is 12.4. The minimum atomic E-state index is -0.210. The van der Waals surface area contributed by atoms with Crippen LogP contribution in [0.4, 0.5) is 11.4 Å². The number of benzene rings is 3. The second-order valence-electron chi connectivity index (χ2n) is 6.03. The zero-order valence-corrected chi connectivity index (χ0v) is 15.2. The fourth-order valence-electron chi connectivity index (χ4n) is 2.61. The molecule has 0 bridgehead atoms. The average molecular weight is 360 g/mol. The van der Waals surface area contributed by atoms with Gasteiger partial charge in [-0.25, -0.2) is 0 Å². The Hall–Kier alpha value is -3.60. The van der Waals surface area contributed by atoms with Gasteiger partial charge in [0.05, 0.1) is 7.11 Å². The van der Waals surface area contributed by atoms with E-state index < -0.39 is 0 Å². The van der Waals surface area contributed by atoms with Gasteiger partial charge in [0.15, 0.2) is 0 Å². The number of methoxy groups -OCH3 is 1. The summed E-state index contributed by atoms with van der Waals surface area (Å²) >= 11 is 0. The van der Waals surface area contributed by atoms with Gasteiger partial charge in [-0.05, 0) is 67.1 Å². The topological polar surface area (TPSA) is 67.4 Å². The highest BCUT2D eigenvalue weighted by molar-refractivity contribution is 6.06. The molecule has 0 saturated heterocycles. The number of rotatable bonds is 5. The molecule has 0 aliphatic carbocycles. The zero-order valence-electron chi connectivity index (χ0n) is 15.2. The Morgan fingerprint density at radius 3 is 2.04 bits per heavy atom. The number of carbonyl (C=O) groups is 2. The van der Waals surface area contributed by atoms with Crippen molar-refractivity contribution in [3.63, 3.8) is 0 Å². The second kappa shape index (κ2) is 8.19. The van der Waals surface area contributed by atoms with E-state index in [2.05, 4.69) is 10.6 Å². The van der Waals surface area contributed by atoms with Crippen LogP contribution in [-0.2, 0) is 0 Å². The number of anilines is 2. The first kappa shape index (κ1) is 18.2. The summed E-state index contributed by atoms with van der Waals surface area (Å²) in [6, 6.07) is 21.3. The summed E-state index contributed by atoms with van der Waals surface area (Å²) in [6.45, 7) is 1.88. The minimum absolute atomic E-state index is 0.172. The number of ether oxygens (including phenoxy) is 1. The lowest BCUT2D eigenvalue weighted by Crippen LogP contribution is -2.14. The first-order valence-electron chi connectivity index (χ1n) is 8.49. The van der Waals surface area contributed by atoms with E-state index in [0.717, 1.165) is 5.56 Å². The van der Waals surface area contributed by atoms with Crippen LogP contribution in [0.3, 0.4) is 0 Å². The van der Waals surface area contributed by atoms with Crippen LogP contribution in [0, 0.1) is 6.92 Å². The monoisotopic (exact) mass is 360 g/mol. The van der Waals surface area contributed by atoms with Gasteiger partial charge in [-0.2, -0.15) is 0 Å². The highest BCUT2D eigenvalue weighted by atomic mass is 16.5. The van der Waals surface area contributed by atoms with Crippen molar-refractivity contribution in [2.45, 2.75) is 6.92 Å². The van der Waals surface area contributed by atoms with Crippen LogP contribution in [-0.4, -0.2) is 18.9 Å². The smallest absolute Gasteiger partial charge is 0.255 e. The predicted octanol–water partition coefficient (Wildman–Crippen LogP) is 4.51. The van der Waals surface area contributed by atoms with Gasteiger partial charge in [0.2, 0.25) is 0 Å². The first-order chi connectivity index (χ1) is 13.1. The van der Waals surface area contributed by atoms with E-state index in [9.17, 15) is 9.59 Å². The number of carbonyl (C=O) groups excluding carboxylic acids is 2. The summed E-state index contributed by atoms with van der Waals surface area (Å²) in [5.74, 6) is 0.313. The lowest BCUT2D eigenvalue weighted by atomic mass is 10.1. The predicted molar refractivity (Wildman–Crippen MR) is 107 cm³/mol. The van der Waals surface area contributed by atoms with E-state index >= 15 is 0 Å². The maximum absolute atomic E-state index is 12.4. The molecule has 0 aromatic heterocycles. The molecule has 27 heavy (non-hydrogen) atoms. The van der Waals surface area contributed by atoms with Crippen molar-refractivity contribution in [1.29, 1.82) is 0 Å². The van der Waals surface area contributed by atoms with Crippen LogP contribution in [0.1, 0.15) is 26.3 Å². The molecule has 3 aromatic rings. The molecule has 0 saturated carbocycles. The molecule has 2 amide bonds. The van der Waals surface area contributed by atoms with Gasteiger partial charge < -0.3 is 15.4 Å². The van der Waals surface area contributed by atoms with Crippen molar-refractivity contribution in [2.75, 3.05) is 17.7 Å². The van der Waals surface area contributed by atoms with E-state index in [0.29, 0.717) is 28.3 Å². The van der Waals surface area contributed by atoms with E-state index in [1.54, 1.807) is 55.6 Å². The summed E-state index contributed by atoms with van der Waals surface area (Å²) in [7, 11) is 1.58. The maximum Gasteiger partial charge on any atom is 0.255 e. The molecule has 0 atom stereocenters.